The van der Waals surface area contributed by atoms with E-state index in [1.54, 1.807) is 30.3 Å². The van der Waals surface area contributed by atoms with Crippen LogP contribution in [0.3, 0.4) is 0 Å². The van der Waals surface area contributed by atoms with Gasteiger partial charge in [-0.05, 0) is 49.1 Å². The number of carbonyl (C=O) groups excluding carboxylic acids is 1. The summed E-state index contributed by atoms with van der Waals surface area (Å²) in [5, 5.41) is 0. The zero-order valence-electron chi connectivity index (χ0n) is 15.7. The number of benzene rings is 1. The molecular formula is C20H20BrF3N2O2S. The van der Waals surface area contributed by atoms with Crippen molar-refractivity contribution in [2.45, 2.75) is 36.8 Å². The van der Waals surface area contributed by atoms with Crippen LogP contribution >= 0.6 is 27.7 Å². The first-order chi connectivity index (χ1) is 13.7. The molecule has 0 N–H and O–H groups in total. The van der Waals surface area contributed by atoms with E-state index < -0.39 is 6.36 Å². The number of pyridine rings is 1. The summed E-state index contributed by atoms with van der Waals surface area (Å²) in [5.74, 6) is 0.558. The Labute approximate surface area is 180 Å². The normalized spacial score (nSPS) is 15.4. The lowest BCUT2D eigenvalue weighted by atomic mass is 9.99. The molecule has 0 unspecified atom stereocenters. The highest BCUT2D eigenvalue weighted by Gasteiger charge is 2.32. The Morgan fingerprint density at radius 1 is 1.28 bits per heavy atom. The van der Waals surface area contributed by atoms with Crippen molar-refractivity contribution >= 4 is 33.6 Å². The van der Waals surface area contributed by atoms with Crippen molar-refractivity contribution in [2.24, 2.45) is 5.92 Å². The number of likely N-dealkylation sites (tertiary alicyclic amines) is 1. The van der Waals surface area contributed by atoms with Crippen LogP contribution in [0.1, 0.15) is 35.9 Å². The number of ether oxygens (including phenoxy) is 1. The molecule has 0 radical (unpaired) electrons. The molecule has 9 heteroatoms. The number of halogens is 4. The maximum Gasteiger partial charge on any atom is 0.573 e. The van der Waals surface area contributed by atoms with Crippen LogP contribution in [0.2, 0.25) is 0 Å². The van der Waals surface area contributed by atoms with Gasteiger partial charge in [-0.25, -0.2) is 4.98 Å². The topological polar surface area (TPSA) is 42.4 Å². The number of hydrogen-bond donors (Lipinski definition) is 0. The third kappa shape index (κ3) is 6.37. The van der Waals surface area contributed by atoms with Crippen LogP contribution in [-0.4, -0.2) is 35.2 Å². The molecule has 3 rings (SSSR count). The number of alkyl halides is 3. The zero-order chi connectivity index (χ0) is 21.0. The summed E-state index contributed by atoms with van der Waals surface area (Å²) in [6, 6.07) is 9.66. The minimum Gasteiger partial charge on any atom is -0.405 e. The molecule has 4 nitrogen and oxygen atoms in total. The summed E-state index contributed by atoms with van der Waals surface area (Å²) in [7, 11) is 0. The third-order valence-corrected chi connectivity index (χ3v) is 6.19. The number of piperidine rings is 1. The van der Waals surface area contributed by atoms with E-state index in [-0.39, 0.29) is 11.7 Å². The lowest BCUT2D eigenvalue weighted by Gasteiger charge is -2.30. The Hall–Kier alpha value is -1.74. The van der Waals surface area contributed by atoms with Crippen molar-refractivity contribution in [3.63, 3.8) is 0 Å². The van der Waals surface area contributed by atoms with Crippen molar-refractivity contribution in [1.82, 2.24) is 9.88 Å². The molecule has 1 aliphatic rings. The van der Waals surface area contributed by atoms with Gasteiger partial charge in [0.15, 0.2) is 0 Å². The lowest BCUT2D eigenvalue weighted by molar-refractivity contribution is -0.275. The van der Waals surface area contributed by atoms with Crippen LogP contribution in [-0.2, 0) is 5.75 Å². The fraction of sp³-hybridized carbons (Fsp3) is 0.400. The first kappa shape index (κ1) is 22.0. The highest BCUT2D eigenvalue weighted by molar-refractivity contribution is 9.10. The van der Waals surface area contributed by atoms with Gasteiger partial charge in [-0.15, -0.1) is 24.9 Å². The van der Waals surface area contributed by atoms with E-state index in [1.165, 1.54) is 17.8 Å². The number of thioether (sulfide) groups is 1. The van der Waals surface area contributed by atoms with E-state index in [1.807, 2.05) is 4.90 Å². The van der Waals surface area contributed by atoms with Crippen LogP contribution in [0.25, 0.3) is 0 Å². The average molecular weight is 489 g/mol. The van der Waals surface area contributed by atoms with E-state index >= 15 is 0 Å². The predicted octanol–water partition coefficient (Wildman–Crippen LogP) is 5.91. The van der Waals surface area contributed by atoms with Crippen LogP contribution in [0.5, 0.6) is 5.75 Å². The highest BCUT2D eigenvalue weighted by Crippen LogP contribution is 2.36. The van der Waals surface area contributed by atoms with Gasteiger partial charge in [-0.2, -0.15) is 0 Å². The van der Waals surface area contributed by atoms with E-state index in [0.29, 0.717) is 32.4 Å². The molecule has 0 saturated carbocycles. The van der Waals surface area contributed by atoms with Gasteiger partial charge in [-0.3, -0.25) is 4.79 Å². The van der Waals surface area contributed by atoms with E-state index in [2.05, 4.69) is 32.6 Å². The fourth-order valence-corrected chi connectivity index (χ4v) is 4.22. The maximum absolute atomic E-state index is 12.7. The third-order valence-electron chi connectivity index (χ3n) is 4.60. The van der Waals surface area contributed by atoms with E-state index in [4.69, 9.17) is 0 Å². The van der Waals surface area contributed by atoms with Crippen LogP contribution in [0, 0.1) is 5.92 Å². The molecular weight excluding hydrogens is 469 g/mol. The smallest absolute Gasteiger partial charge is 0.405 e. The molecule has 1 aromatic carbocycles. The van der Waals surface area contributed by atoms with Crippen molar-refractivity contribution in [2.75, 3.05) is 13.1 Å². The van der Waals surface area contributed by atoms with Gasteiger partial charge in [0, 0.05) is 23.3 Å². The molecule has 2 aromatic rings. The van der Waals surface area contributed by atoms with E-state index in [0.717, 1.165) is 25.9 Å². The molecule has 0 bridgehead atoms. The molecule has 1 fully saturated rings. The van der Waals surface area contributed by atoms with Crippen molar-refractivity contribution in [1.29, 1.82) is 0 Å². The largest absolute Gasteiger partial charge is 0.573 e. The van der Waals surface area contributed by atoms with Crippen molar-refractivity contribution in [3.05, 3.63) is 52.3 Å². The summed E-state index contributed by atoms with van der Waals surface area (Å²) in [5.41, 5.74) is 0.979. The van der Waals surface area contributed by atoms with Gasteiger partial charge in [0.25, 0.3) is 5.91 Å². The van der Waals surface area contributed by atoms with Crippen molar-refractivity contribution < 1.29 is 22.7 Å². The summed E-state index contributed by atoms with van der Waals surface area (Å²) >= 11 is 4.33. The Balaban J connectivity index is 1.69. The van der Waals surface area contributed by atoms with Gasteiger partial charge in [0.05, 0.1) is 10.6 Å². The van der Waals surface area contributed by atoms with Gasteiger partial charge in [0.1, 0.15) is 11.4 Å². The molecule has 29 heavy (non-hydrogen) atoms. The van der Waals surface area contributed by atoms with E-state index in [9.17, 15) is 18.0 Å². The SMILES string of the molecule is CC1CCN(C(=O)c2cccc(CSc3ccc(Br)cc3OC(F)(F)F)n2)CC1. The van der Waals surface area contributed by atoms with Crippen molar-refractivity contribution in [3.8, 4) is 5.75 Å². The highest BCUT2D eigenvalue weighted by atomic mass is 79.9. The number of carbonyl (C=O) groups is 1. The first-order valence-corrected chi connectivity index (χ1v) is 10.9. The second-order valence-corrected chi connectivity index (χ2v) is 8.85. The second kappa shape index (κ2) is 9.38. The monoisotopic (exact) mass is 488 g/mol. The van der Waals surface area contributed by atoms with Gasteiger partial charge in [0.2, 0.25) is 0 Å². The van der Waals surface area contributed by atoms with Gasteiger partial charge in [-0.1, -0.05) is 28.9 Å². The predicted molar refractivity (Wildman–Crippen MR) is 109 cm³/mol. The number of hydrogen-bond acceptors (Lipinski definition) is 4. The molecule has 1 aromatic heterocycles. The minimum atomic E-state index is -4.77. The lowest BCUT2D eigenvalue weighted by Crippen LogP contribution is -2.38. The standard InChI is InChI=1S/C20H20BrF3N2O2S/c1-13-7-9-26(10-8-13)19(27)16-4-2-3-15(25-16)12-29-18-6-5-14(21)11-17(18)28-20(22,23)24/h2-6,11,13H,7-10,12H2,1H3. The van der Waals surface area contributed by atoms with Gasteiger partial charge >= 0.3 is 6.36 Å². The maximum atomic E-state index is 12.7. The Morgan fingerprint density at radius 3 is 2.69 bits per heavy atom. The zero-order valence-corrected chi connectivity index (χ0v) is 18.1. The van der Waals surface area contributed by atoms with Crippen LogP contribution in [0.15, 0.2) is 45.8 Å². The summed E-state index contributed by atoms with van der Waals surface area (Å²) < 4.78 is 42.6. The molecule has 156 valence electrons. The fourth-order valence-electron chi connectivity index (χ4n) is 3.01. The molecule has 0 spiro atoms. The Kier molecular flexibility index (Phi) is 7.10. The second-order valence-electron chi connectivity index (χ2n) is 6.92. The Bertz CT molecular complexity index is 871. The molecule has 1 saturated heterocycles. The molecule has 0 atom stereocenters. The number of amides is 1. The molecule has 0 aliphatic carbocycles. The molecule has 1 amide bonds. The number of aromatic nitrogens is 1. The Morgan fingerprint density at radius 2 is 2.00 bits per heavy atom. The van der Waals surface area contributed by atoms with Crippen LogP contribution in [0.4, 0.5) is 13.2 Å². The van der Waals surface area contributed by atoms with Gasteiger partial charge < -0.3 is 9.64 Å². The average Bonchev–Trinajstić information content (AvgIpc) is 2.66. The summed E-state index contributed by atoms with van der Waals surface area (Å²) in [6.07, 6.45) is -2.81. The van der Waals surface area contributed by atoms with Crippen LogP contribution < -0.4 is 4.74 Å². The molecule has 2 heterocycles. The summed E-state index contributed by atoms with van der Waals surface area (Å²) in [6.45, 7) is 3.62. The molecule has 1 aliphatic heterocycles. The number of rotatable bonds is 5. The minimum absolute atomic E-state index is 0.103. The quantitative estimate of drug-likeness (QED) is 0.490. The summed E-state index contributed by atoms with van der Waals surface area (Å²) in [4.78, 5) is 19.3. The number of nitrogens with zero attached hydrogens (tertiary/aromatic N) is 2. The first-order valence-electron chi connectivity index (χ1n) is 9.14.